The molecular weight excluding hydrogens is 460 g/mol. The molecule has 0 aliphatic heterocycles. The third-order valence-corrected chi connectivity index (χ3v) is 7.75. The number of para-hydroxylation sites is 1. The molecule has 2 nitrogen and oxygen atoms in total. The quantitative estimate of drug-likeness (QED) is 0.244. The maximum atomic E-state index is 5.23. The molecule has 0 aliphatic carbocycles. The van der Waals surface area contributed by atoms with Crippen LogP contribution >= 0.6 is 0 Å². The van der Waals surface area contributed by atoms with Gasteiger partial charge < -0.3 is 4.40 Å². The SMILES string of the molecule is Cc1ccc2c(c1)c1cc(-c3cc(-c4ccccc4)cc(-c4ccccc4)n3)cc3c4ccccc4n2c31. The molecule has 178 valence electrons. The molecule has 5 aromatic carbocycles. The predicted octanol–water partition coefficient (Wildman–Crippen LogP) is 9.54. The highest BCUT2D eigenvalue weighted by Crippen LogP contribution is 2.42. The van der Waals surface area contributed by atoms with Gasteiger partial charge in [-0.25, -0.2) is 4.98 Å². The Morgan fingerprint density at radius 2 is 1.05 bits per heavy atom. The lowest BCUT2D eigenvalue weighted by Crippen LogP contribution is -1.91. The van der Waals surface area contributed by atoms with Crippen LogP contribution < -0.4 is 0 Å². The van der Waals surface area contributed by atoms with Crippen LogP contribution in [0.25, 0.3) is 71.7 Å². The summed E-state index contributed by atoms with van der Waals surface area (Å²) in [5, 5.41) is 5.12. The number of pyridine rings is 1. The number of aryl methyl sites for hydroxylation is 1. The van der Waals surface area contributed by atoms with Gasteiger partial charge in [-0.1, -0.05) is 90.5 Å². The summed E-state index contributed by atoms with van der Waals surface area (Å²) >= 11 is 0. The zero-order valence-corrected chi connectivity index (χ0v) is 21.0. The first-order chi connectivity index (χ1) is 18.7. The summed E-state index contributed by atoms with van der Waals surface area (Å²) in [6.07, 6.45) is 0. The first-order valence-electron chi connectivity index (χ1n) is 13.1. The molecule has 0 radical (unpaired) electrons. The Hall–Kier alpha value is -4.95. The molecule has 0 bridgehead atoms. The Labute approximate surface area is 220 Å². The normalized spacial score (nSPS) is 11.8. The molecule has 3 aromatic heterocycles. The van der Waals surface area contributed by atoms with E-state index in [-0.39, 0.29) is 0 Å². The van der Waals surface area contributed by atoms with Crippen LogP contribution in [-0.2, 0) is 0 Å². The van der Waals surface area contributed by atoms with Crippen LogP contribution in [-0.4, -0.2) is 9.38 Å². The van der Waals surface area contributed by atoms with Crippen LogP contribution in [0.3, 0.4) is 0 Å². The average Bonchev–Trinajstić information content (AvgIpc) is 3.49. The van der Waals surface area contributed by atoms with Crippen molar-refractivity contribution in [1.29, 1.82) is 0 Å². The highest BCUT2D eigenvalue weighted by Gasteiger charge is 2.19. The molecule has 0 saturated heterocycles. The van der Waals surface area contributed by atoms with Crippen molar-refractivity contribution in [3.8, 4) is 33.6 Å². The van der Waals surface area contributed by atoms with Crippen molar-refractivity contribution in [2.75, 3.05) is 0 Å². The lowest BCUT2D eigenvalue weighted by Gasteiger charge is -2.11. The summed E-state index contributed by atoms with van der Waals surface area (Å²) in [4.78, 5) is 5.23. The minimum Gasteiger partial charge on any atom is -0.308 e. The number of hydrogen-bond acceptors (Lipinski definition) is 1. The van der Waals surface area contributed by atoms with Crippen molar-refractivity contribution in [3.63, 3.8) is 0 Å². The molecule has 0 N–H and O–H groups in total. The van der Waals surface area contributed by atoms with Gasteiger partial charge in [-0.2, -0.15) is 0 Å². The molecule has 0 fully saturated rings. The summed E-state index contributed by atoms with van der Waals surface area (Å²) in [5.41, 5.74) is 11.7. The number of rotatable bonds is 3. The highest BCUT2D eigenvalue weighted by atomic mass is 14.9. The second-order valence-electron chi connectivity index (χ2n) is 10.2. The van der Waals surface area contributed by atoms with Crippen LogP contribution in [0, 0.1) is 6.92 Å². The smallest absolute Gasteiger partial charge is 0.0716 e. The first-order valence-corrected chi connectivity index (χ1v) is 13.1. The first kappa shape index (κ1) is 21.2. The Morgan fingerprint density at radius 3 is 1.82 bits per heavy atom. The van der Waals surface area contributed by atoms with Gasteiger partial charge in [0.25, 0.3) is 0 Å². The molecule has 8 rings (SSSR count). The van der Waals surface area contributed by atoms with Crippen molar-refractivity contribution in [3.05, 3.63) is 133 Å². The van der Waals surface area contributed by atoms with E-state index in [0.29, 0.717) is 0 Å². The molecule has 0 unspecified atom stereocenters. The number of benzene rings is 5. The summed E-state index contributed by atoms with van der Waals surface area (Å²) < 4.78 is 2.43. The Balaban J connectivity index is 1.48. The Bertz CT molecular complexity index is 2060. The van der Waals surface area contributed by atoms with E-state index >= 15 is 0 Å². The van der Waals surface area contributed by atoms with Gasteiger partial charge in [-0.05, 0) is 60.5 Å². The van der Waals surface area contributed by atoms with E-state index < -0.39 is 0 Å². The lowest BCUT2D eigenvalue weighted by atomic mass is 9.98. The summed E-state index contributed by atoms with van der Waals surface area (Å²) in [6.45, 7) is 2.17. The summed E-state index contributed by atoms with van der Waals surface area (Å²) in [7, 11) is 0. The summed E-state index contributed by atoms with van der Waals surface area (Å²) in [6, 6.07) is 45.7. The van der Waals surface area contributed by atoms with Crippen LogP contribution in [0.2, 0.25) is 0 Å². The molecule has 0 amide bonds. The maximum Gasteiger partial charge on any atom is 0.0716 e. The molecule has 0 spiro atoms. The number of hydrogen-bond donors (Lipinski definition) is 0. The van der Waals surface area contributed by atoms with Gasteiger partial charge >= 0.3 is 0 Å². The van der Waals surface area contributed by atoms with Gasteiger partial charge in [0.2, 0.25) is 0 Å². The standard InChI is InChI=1S/C36H24N2/c1-23-16-17-35-29(18-23)31-20-27(19-30-28-14-8-9-15-34(28)38(35)36(30)31)33-22-26(24-10-4-2-5-11-24)21-32(37-33)25-12-6-3-7-13-25/h2-22H,1H3. The van der Waals surface area contributed by atoms with E-state index in [2.05, 4.69) is 139 Å². The Morgan fingerprint density at radius 1 is 0.447 bits per heavy atom. The molecule has 2 heteroatoms. The van der Waals surface area contributed by atoms with Gasteiger partial charge in [-0.15, -0.1) is 0 Å². The van der Waals surface area contributed by atoms with E-state index in [1.165, 1.54) is 54.8 Å². The van der Waals surface area contributed by atoms with Crippen LogP contribution in [0.15, 0.2) is 127 Å². The second-order valence-corrected chi connectivity index (χ2v) is 10.2. The molecule has 3 heterocycles. The van der Waals surface area contributed by atoms with E-state index in [0.717, 1.165) is 22.5 Å². The van der Waals surface area contributed by atoms with Gasteiger partial charge in [0.1, 0.15) is 0 Å². The lowest BCUT2D eigenvalue weighted by molar-refractivity contribution is 1.32. The topological polar surface area (TPSA) is 17.3 Å². The highest BCUT2D eigenvalue weighted by molar-refractivity contribution is 6.24. The number of fused-ring (bicyclic) bond motifs is 6. The minimum absolute atomic E-state index is 0.983. The maximum absolute atomic E-state index is 5.23. The molecule has 8 aromatic rings. The third kappa shape index (κ3) is 3.10. The van der Waals surface area contributed by atoms with Crippen LogP contribution in [0.4, 0.5) is 0 Å². The van der Waals surface area contributed by atoms with Crippen molar-refractivity contribution in [2.45, 2.75) is 6.92 Å². The van der Waals surface area contributed by atoms with Crippen LogP contribution in [0.1, 0.15) is 5.56 Å². The van der Waals surface area contributed by atoms with E-state index in [1.807, 2.05) is 0 Å². The van der Waals surface area contributed by atoms with E-state index in [9.17, 15) is 0 Å². The van der Waals surface area contributed by atoms with Crippen molar-refractivity contribution in [1.82, 2.24) is 9.38 Å². The number of nitrogens with zero attached hydrogens (tertiary/aromatic N) is 2. The van der Waals surface area contributed by atoms with Crippen LogP contribution in [0.5, 0.6) is 0 Å². The van der Waals surface area contributed by atoms with E-state index in [1.54, 1.807) is 0 Å². The molecule has 0 atom stereocenters. The number of aromatic nitrogens is 2. The monoisotopic (exact) mass is 484 g/mol. The second kappa shape index (κ2) is 8.03. The zero-order valence-electron chi connectivity index (χ0n) is 21.0. The van der Waals surface area contributed by atoms with Gasteiger partial charge in [0.05, 0.1) is 27.9 Å². The van der Waals surface area contributed by atoms with E-state index in [4.69, 9.17) is 4.98 Å². The average molecular weight is 485 g/mol. The van der Waals surface area contributed by atoms with Gasteiger partial charge in [0, 0.05) is 32.7 Å². The predicted molar refractivity (Wildman–Crippen MR) is 160 cm³/mol. The molecule has 0 saturated carbocycles. The largest absolute Gasteiger partial charge is 0.308 e. The zero-order chi connectivity index (χ0) is 25.2. The van der Waals surface area contributed by atoms with Gasteiger partial charge in [0.15, 0.2) is 0 Å². The fourth-order valence-corrected chi connectivity index (χ4v) is 5.99. The fraction of sp³-hybridized carbons (Fsp3) is 0.0278. The fourth-order valence-electron chi connectivity index (χ4n) is 5.99. The molecular formula is C36H24N2. The van der Waals surface area contributed by atoms with Crippen molar-refractivity contribution >= 4 is 38.1 Å². The minimum atomic E-state index is 0.983. The van der Waals surface area contributed by atoms with Crippen molar-refractivity contribution in [2.24, 2.45) is 0 Å². The van der Waals surface area contributed by atoms with Crippen molar-refractivity contribution < 1.29 is 0 Å². The molecule has 38 heavy (non-hydrogen) atoms. The summed E-state index contributed by atoms with van der Waals surface area (Å²) in [5.74, 6) is 0. The van der Waals surface area contributed by atoms with Gasteiger partial charge in [-0.3, -0.25) is 0 Å². The Kier molecular flexibility index (Phi) is 4.47. The molecule has 0 aliphatic rings. The third-order valence-electron chi connectivity index (χ3n) is 7.75.